The summed E-state index contributed by atoms with van der Waals surface area (Å²) in [6.07, 6.45) is -2.42. The summed E-state index contributed by atoms with van der Waals surface area (Å²) in [5, 5.41) is 19.9. The number of aliphatic imine (C=N–C) groups is 2. The number of rotatable bonds is 2. The second-order valence-corrected chi connectivity index (χ2v) is 6.39. The summed E-state index contributed by atoms with van der Waals surface area (Å²) < 4.78 is 37.0. The molecular weight excluding hydrogens is 451 g/mol. The number of halogens is 3. The molecule has 0 saturated carbocycles. The summed E-state index contributed by atoms with van der Waals surface area (Å²) in [5.74, 6) is -1.97. The zero-order valence-electron chi connectivity index (χ0n) is 16.8. The molecule has 174 valence electrons. The number of hydrogen-bond acceptors (Lipinski definition) is 10. The number of nitrogens with zero attached hydrogens (tertiary/aromatic N) is 5. The Labute approximate surface area is 183 Å². The van der Waals surface area contributed by atoms with Crippen LogP contribution >= 0.6 is 0 Å². The van der Waals surface area contributed by atoms with E-state index < -0.39 is 18.1 Å². The minimum atomic E-state index is -5.08. The first-order valence-corrected chi connectivity index (χ1v) is 9.03. The number of carbonyl (C=O) groups is 2. The Bertz CT molecular complexity index is 1150. The lowest BCUT2D eigenvalue weighted by Gasteiger charge is -2.28. The van der Waals surface area contributed by atoms with Crippen LogP contribution in [-0.4, -0.2) is 75.1 Å². The number of fused-ring (bicyclic) bond motifs is 3. The number of amides is 1. The first kappa shape index (κ1) is 23.2. The van der Waals surface area contributed by atoms with E-state index in [9.17, 15) is 23.1 Å². The van der Waals surface area contributed by atoms with Gasteiger partial charge in [0.15, 0.2) is 11.5 Å². The van der Waals surface area contributed by atoms with E-state index in [0.717, 1.165) is 5.56 Å². The summed E-state index contributed by atoms with van der Waals surface area (Å²) in [6.45, 7) is 1.15. The number of hydrogen-bond donors (Lipinski definition) is 4. The number of benzene rings is 1. The number of aromatic hydroxyl groups is 1. The van der Waals surface area contributed by atoms with Gasteiger partial charge in [-0.2, -0.15) is 13.2 Å². The number of carboxylic acid groups (broad SMARTS) is 1. The molecule has 3 heterocycles. The Hall–Kier alpha value is -4.43. The maximum absolute atomic E-state index is 12.5. The van der Waals surface area contributed by atoms with Gasteiger partial charge >= 0.3 is 12.1 Å². The number of aromatic nitrogens is 2. The van der Waals surface area contributed by atoms with Crippen molar-refractivity contribution in [1.82, 2.24) is 20.2 Å². The molecule has 15 heteroatoms. The Balaban J connectivity index is 0.000000383. The largest absolute Gasteiger partial charge is 0.504 e. The molecule has 0 saturated heterocycles. The highest BCUT2D eigenvalue weighted by atomic mass is 19.4. The van der Waals surface area contributed by atoms with Crippen molar-refractivity contribution in [1.29, 1.82) is 0 Å². The third-order valence-electron chi connectivity index (χ3n) is 4.27. The highest BCUT2D eigenvalue weighted by Gasteiger charge is 2.38. The Kier molecular flexibility index (Phi) is 6.32. The number of phenolic OH excluding ortho intramolecular Hbond substituents is 1. The average molecular weight is 467 g/mol. The van der Waals surface area contributed by atoms with Gasteiger partial charge < -0.3 is 20.7 Å². The Morgan fingerprint density at radius 3 is 2.45 bits per heavy atom. The van der Waals surface area contributed by atoms with Crippen molar-refractivity contribution in [3.8, 4) is 11.5 Å². The van der Waals surface area contributed by atoms with Crippen molar-refractivity contribution in [3.05, 3.63) is 35.7 Å². The smallest absolute Gasteiger partial charge is 0.490 e. The number of carbonyl (C=O) groups excluding carboxylic acids is 1. The van der Waals surface area contributed by atoms with Crippen LogP contribution in [0.3, 0.4) is 0 Å². The molecule has 12 nitrogen and oxygen atoms in total. The average Bonchev–Trinajstić information content (AvgIpc) is 3.24. The molecule has 1 aromatic carbocycles. The van der Waals surface area contributed by atoms with Crippen LogP contribution in [0.2, 0.25) is 0 Å². The van der Waals surface area contributed by atoms with E-state index in [2.05, 4.69) is 25.3 Å². The maximum atomic E-state index is 12.5. The van der Waals surface area contributed by atoms with Gasteiger partial charge in [0.1, 0.15) is 11.5 Å². The van der Waals surface area contributed by atoms with Crippen LogP contribution in [0.25, 0.3) is 0 Å². The van der Waals surface area contributed by atoms with Gasteiger partial charge in [0, 0.05) is 24.5 Å². The summed E-state index contributed by atoms with van der Waals surface area (Å²) in [4.78, 5) is 39.8. The predicted molar refractivity (Wildman–Crippen MR) is 107 cm³/mol. The number of amidine groups is 1. The molecule has 1 amide bonds. The molecule has 0 bridgehead atoms. The van der Waals surface area contributed by atoms with Crippen LogP contribution in [0, 0.1) is 0 Å². The minimum absolute atomic E-state index is 0.0420. The van der Waals surface area contributed by atoms with Crippen molar-refractivity contribution in [2.45, 2.75) is 6.18 Å². The first-order chi connectivity index (χ1) is 15.5. The van der Waals surface area contributed by atoms with E-state index in [1.807, 2.05) is 0 Å². The number of ether oxygens (including phenoxy) is 1. The summed E-state index contributed by atoms with van der Waals surface area (Å²) >= 11 is 0. The fraction of sp³-hybridized carbons (Fsp3) is 0.222. The fourth-order valence-corrected chi connectivity index (χ4v) is 2.83. The predicted octanol–water partition coefficient (Wildman–Crippen LogP) is 0.900. The standard InChI is InChI=1S/C16H15N7O3.C2HF3O2/c1-26-12-10(24)3-2-9-11(12)21-16(23-5-4-18-13(9)23)22-14(25)8-6-19-15(17)20-7-8;3-2(4,5)1(6)7/h2-3,6-7,24H,4-5H2,1H3,(H2,17,19,20)(H,21,22,25);(H,6,7). The number of methoxy groups -OCH3 is 1. The van der Waals surface area contributed by atoms with E-state index in [0.29, 0.717) is 30.6 Å². The molecular formula is C18H16F3N7O5. The highest BCUT2D eigenvalue weighted by molar-refractivity contribution is 6.20. The Morgan fingerprint density at radius 1 is 1.24 bits per heavy atom. The van der Waals surface area contributed by atoms with E-state index >= 15 is 0 Å². The van der Waals surface area contributed by atoms with Gasteiger partial charge in [0.05, 0.1) is 19.2 Å². The number of nitrogen functional groups attached to an aromatic ring is 1. The molecule has 0 radical (unpaired) electrons. The molecule has 5 N–H and O–H groups in total. The van der Waals surface area contributed by atoms with E-state index in [-0.39, 0.29) is 23.0 Å². The lowest BCUT2D eigenvalue weighted by Crippen LogP contribution is -2.47. The lowest BCUT2D eigenvalue weighted by atomic mass is 10.1. The van der Waals surface area contributed by atoms with Crippen LogP contribution in [0.15, 0.2) is 34.5 Å². The molecule has 2 aromatic rings. The number of alkyl halides is 3. The third kappa shape index (κ3) is 4.91. The summed E-state index contributed by atoms with van der Waals surface area (Å²) in [7, 11) is 1.44. The summed E-state index contributed by atoms with van der Waals surface area (Å²) in [6, 6.07) is 3.25. The number of guanidine groups is 1. The second-order valence-electron chi connectivity index (χ2n) is 6.39. The van der Waals surface area contributed by atoms with Gasteiger partial charge in [0.2, 0.25) is 11.9 Å². The van der Waals surface area contributed by atoms with Crippen molar-refractivity contribution in [3.63, 3.8) is 0 Å². The van der Waals surface area contributed by atoms with Crippen LogP contribution in [0.5, 0.6) is 11.5 Å². The van der Waals surface area contributed by atoms with E-state index in [4.69, 9.17) is 20.4 Å². The number of nitrogens with two attached hydrogens (primary N) is 1. The second kappa shape index (κ2) is 8.97. The van der Waals surface area contributed by atoms with Gasteiger partial charge in [-0.3, -0.25) is 20.0 Å². The Morgan fingerprint density at radius 2 is 1.88 bits per heavy atom. The zero-order chi connectivity index (χ0) is 24.3. The van der Waals surface area contributed by atoms with Gasteiger partial charge in [0.25, 0.3) is 5.91 Å². The van der Waals surface area contributed by atoms with Crippen molar-refractivity contribution in [2.75, 3.05) is 25.9 Å². The van der Waals surface area contributed by atoms with Crippen LogP contribution < -0.4 is 15.8 Å². The van der Waals surface area contributed by atoms with E-state index in [1.54, 1.807) is 11.0 Å². The SMILES string of the molecule is COc1c(O)ccc2c1N=C(NC(=O)c1cnc(N)nc1)N1CCN=C21.O=C(O)C(F)(F)F. The van der Waals surface area contributed by atoms with Crippen LogP contribution in [0.1, 0.15) is 15.9 Å². The van der Waals surface area contributed by atoms with Crippen molar-refractivity contribution in [2.24, 2.45) is 9.98 Å². The number of phenols is 1. The first-order valence-electron chi connectivity index (χ1n) is 9.03. The number of nitrogens with one attached hydrogen (secondary N) is 1. The number of aliphatic carboxylic acids is 1. The van der Waals surface area contributed by atoms with Crippen molar-refractivity contribution >= 4 is 35.3 Å². The fourth-order valence-electron chi connectivity index (χ4n) is 2.83. The lowest BCUT2D eigenvalue weighted by molar-refractivity contribution is -0.192. The summed E-state index contributed by atoms with van der Waals surface area (Å²) in [5.41, 5.74) is 6.82. The highest BCUT2D eigenvalue weighted by Crippen LogP contribution is 2.42. The molecule has 0 spiro atoms. The van der Waals surface area contributed by atoms with Gasteiger partial charge in [-0.15, -0.1) is 0 Å². The monoisotopic (exact) mass is 467 g/mol. The molecule has 0 fully saturated rings. The van der Waals surface area contributed by atoms with Gasteiger partial charge in [-0.1, -0.05) is 0 Å². The molecule has 2 aliphatic heterocycles. The molecule has 0 aliphatic carbocycles. The van der Waals surface area contributed by atoms with Gasteiger partial charge in [-0.25, -0.2) is 19.8 Å². The topological polar surface area (TPSA) is 176 Å². The van der Waals surface area contributed by atoms with Gasteiger partial charge in [-0.05, 0) is 12.1 Å². The molecule has 2 aliphatic rings. The van der Waals surface area contributed by atoms with Crippen LogP contribution in [0.4, 0.5) is 24.8 Å². The normalized spacial score (nSPS) is 14.1. The quantitative estimate of drug-likeness (QED) is 0.500. The molecule has 0 unspecified atom stereocenters. The van der Waals surface area contributed by atoms with Crippen LogP contribution in [-0.2, 0) is 4.79 Å². The minimum Gasteiger partial charge on any atom is -0.504 e. The molecule has 33 heavy (non-hydrogen) atoms. The molecule has 0 atom stereocenters. The van der Waals surface area contributed by atoms with E-state index in [1.165, 1.54) is 25.6 Å². The molecule has 1 aromatic heterocycles. The zero-order valence-corrected chi connectivity index (χ0v) is 16.8. The third-order valence-corrected chi connectivity index (χ3v) is 4.27. The molecule has 4 rings (SSSR count). The van der Waals surface area contributed by atoms with Crippen molar-refractivity contribution < 1.29 is 37.7 Å². The number of carboxylic acids is 1. The maximum Gasteiger partial charge on any atom is 0.490 e. The number of anilines is 1.